The van der Waals surface area contributed by atoms with Crippen molar-refractivity contribution in [1.82, 2.24) is 15.1 Å². The number of aromatic nitrogens is 2. The highest BCUT2D eigenvalue weighted by Crippen LogP contribution is 2.28. The molecular formula is C19H25N3O3. The summed E-state index contributed by atoms with van der Waals surface area (Å²) in [6, 6.07) is 8.29. The Labute approximate surface area is 147 Å². The van der Waals surface area contributed by atoms with Crippen LogP contribution in [0, 0.1) is 0 Å². The van der Waals surface area contributed by atoms with Gasteiger partial charge in [0, 0.05) is 24.9 Å². The zero-order valence-electron chi connectivity index (χ0n) is 14.8. The smallest absolute Gasteiger partial charge is 0.272 e. The molecule has 0 bridgehead atoms. The fourth-order valence-corrected chi connectivity index (χ4v) is 3.25. The van der Waals surface area contributed by atoms with Gasteiger partial charge < -0.3 is 15.2 Å². The molecule has 0 spiro atoms. The predicted molar refractivity (Wildman–Crippen MR) is 95.2 cm³/mol. The number of nitrogens with one attached hydrogen (secondary N) is 1. The number of nitrogens with zero attached hydrogens (tertiary/aromatic N) is 2. The summed E-state index contributed by atoms with van der Waals surface area (Å²) in [5, 5.41) is 17.0. The monoisotopic (exact) mass is 343 g/mol. The van der Waals surface area contributed by atoms with E-state index in [4.69, 9.17) is 4.74 Å². The molecule has 1 unspecified atom stereocenters. The molecule has 6 heteroatoms. The Morgan fingerprint density at radius 3 is 2.80 bits per heavy atom. The molecule has 1 atom stereocenters. The van der Waals surface area contributed by atoms with Gasteiger partial charge >= 0.3 is 0 Å². The van der Waals surface area contributed by atoms with Crippen LogP contribution in [0.5, 0.6) is 0 Å². The Morgan fingerprint density at radius 2 is 2.12 bits per heavy atom. The van der Waals surface area contributed by atoms with Gasteiger partial charge in [0.1, 0.15) is 0 Å². The van der Waals surface area contributed by atoms with Crippen molar-refractivity contribution in [2.24, 2.45) is 0 Å². The number of hydrogen-bond acceptors (Lipinski definition) is 4. The van der Waals surface area contributed by atoms with Gasteiger partial charge in [-0.3, -0.25) is 4.79 Å². The summed E-state index contributed by atoms with van der Waals surface area (Å²) in [4.78, 5) is 12.5. The zero-order valence-corrected chi connectivity index (χ0v) is 14.8. The van der Waals surface area contributed by atoms with Crippen molar-refractivity contribution in [3.8, 4) is 5.69 Å². The van der Waals surface area contributed by atoms with Gasteiger partial charge in [0.25, 0.3) is 5.91 Å². The first-order chi connectivity index (χ1) is 12.1. The summed E-state index contributed by atoms with van der Waals surface area (Å²) in [5.41, 5.74) is 4.87. The molecule has 134 valence electrons. The van der Waals surface area contributed by atoms with Crippen molar-refractivity contribution >= 4 is 5.91 Å². The van der Waals surface area contributed by atoms with Crippen LogP contribution in [0.4, 0.5) is 0 Å². The summed E-state index contributed by atoms with van der Waals surface area (Å²) in [7, 11) is 1.52. The molecular weight excluding hydrogens is 318 g/mol. The first kappa shape index (κ1) is 17.6. The number of fused-ring (bicyclic) bond motifs is 1. The number of hydrogen-bond donors (Lipinski definition) is 2. The number of methoxy groups -OCH3 is 1. The minimum atomic E-state index is -0.717. The lowest BCUT2D eigenvalue weighted by molar-refractivity contribution is 0.0608. The molecule has 1 amide bonds. The van der Waals surface area contributed by atoms with E-state index < -0.39 is 6.10 Å². The third-order valence-electron chi connectivity index (χ3n) is 4.59. The number of aliphatic hydroxyl groups excluding tert-OH is 1. The second-order valence-corrected chi connectivity index (χ2v) is 6.38. The zero-order chi connectivity index (χ0) is 17.8. The topological polar surface area (TPSA) is 76.4 Å². The number of carbonyl (C=O) groups is 1. The Hall–Kier alpha value is -2.18. The molecule has 1 aromatic heterocycles. The average Bonchev–Trinajstić information content (AvgIpc) is 3.22. The summed E-state index contributed by atoms with van der Waals surface area (Å²) in [5.74, 6) is -0.239. The average molecular weight is 343 g/mol. The number of rotatable bonds is 7. The Morgan fingerprint density at radius 1 is 1.36 bits per heavy atom. The van der Waals surface area contributed by atoms with Crippen molar-refractivity contribution in [3.63, 3.8) is 0 Å². The molecule has 0 saturated heterocycles. The molecule has 1 heterocycles. The molecule has 1 aromatic carbocycles. The fourth-order valence-electron chi connectivity index (χ4n) is 3.25. The molecule has 2 aromatic rings. The van der Waals surface area contributed by atoms with E-state index in [-0.39, 0.29) is 19.1 Å². The van der Waals surface area contributed by atoms with Crippen LogP contribution in [-0.2, 0) is 24.0 Å². The van der Waals surface area contributed by atoms with Gasteiger partial charge in [0.05, 0.1) is 18.4 Å². The van der Waals surface area contributed by atoms with Crippen LogP contribution < -0.4 is 5.32 Å². The molecule has 25 heavy (non-hydrogen) atoms. The molecule has 0 fully saturated rings. The highest BCUT2D eigenvalue weighted by atomic mass is 16.5. The van der Waals surface area contributed by atoms with Crippen molar-refractivity contribution in [2.45, 2.75) is 38.7 Å². The maximum Gasteiger partial charge on any atom is 0.272 e. The number of amides is 1. The van der Waals surface area contributed by atoms with Crippen LogP contribution in [0.3, 0.4) is 0 Å². The van der Waals surface area contributed by atoms with Crippen molar-refractivity contribution in [3.05, 3.63) is 46.8 Å². The quantitative estimate of drug-likeness (QED) is 0.802. The maximum absolute atomic E-state index is 12.5. The third-order valence-corrected chi connectivity index (χ3v) is 4.59. The van der Waals surface area contributed by atoms with Gasteiger partial charge in [-0.25, -0.2) is 4.68 Å². The minimum Gasteiger partial charge on any atom is -0.389 e. The van der Waals surface area contributed by atoms with E-state index in [1.165, 1.54) is 12.7 Å². The van der Waals surface area contributed by atoms with Gasteiger partial charge in [0.2, 0.25) is 0 Å². The Balaban J connectivity index is 1.82. The van der Waals surface area contributed by atoms with Crippen molar-refractivity contribution in [1.29, 1.82) is 0 Å². The maximum atomic E-state index is 12.5. The van der Waals surface area contributed by atoms with Gasteiger partial charge in [0.15, 0.2) is 5.69 Å². The number of aliphatic hydroxyl groups is 1. The summed E-state index contributed by atoms with van der Waals surface area (Å²) < 4.78 is 6.77. The number of carbonyl (C=O) groups excluding carboxylic acids is 1. The van der Waals surface area contributed by atoms with E-state index in [2.05, 4.69) is 41.6 Å². The SMILES string of the molecule is CCc1ccc(-n2nc(C(=O)NCC(O)COC)c3c2CCC3)cc1. The highest BCUT2D eigenvalue weighted by Gasteiger charge is 2.27. The van der Waals surface area contributed by atoms with Crippen molar-refractivity contribution < 1.29 is 14.6 Å². The first-order valence-electron chi connectivity index (χ1n) is 8.79. The summed E-state index contributed by atoms with van der Waals surface area (Å²) in [6.45, 7) is 2.47. The molecule has 1 aliphatic carbocycles. The first-order valence-corrected chi connectivity index (χ1v) is 8.79. The Bertz CT molecular complexity index is 737. The lowest BCUT2D eigenvalue weighted by atomic mass is 10.1. The van der Waals surface area contributed by atoms with Gasteiger partial charge in [-0.2, -0.15) is 5.10 Å². The van der Waals surface area contributed by atoms with E-state index in [1.807, 2.05) is 4.68 Å². The normalized spacial score (nSPS) is 14.4. The van der Waals surface area contributed by atoms with Crippen molar-refractivity contribution in [2.75, 3.05) is 20.3 Å². The minimum absolute atomic E-state index is 0.152. The van der Waals surface area contributed by atoms with E-state index in [1.54, 1.807) is 0 Å². The van der Waals surface area contributed by atoms with E-state index in [0.717, 1.165) is 42.6 Å². The Kier molecular flexibility index (Phi) is 5.50. The number of ether oxygens (including phenoxy) is 1. The number of benzene rings is 1. The van der Waals surface area contributed by atoms with Gasteiger partial charge in [-0.1, -0.05) is 19.1 Å². The van der Waals surface area contributed by atoms with E-state index in [0.29, 0.717) is 5.69 Å². The molecule has 3 rings (SSSR count). The van der Waals surface area contributed by atoms with Crippen LogP contribution >= 0.6 is 0 Å². The molecule has 6 nitrogen and oxygen atoms in total. The largest absolute Gasteiger partial charge is 0.389 e. The molecule has 2 N–H and O–H groups in total. The van der Waals surface area contributed by atoms with Crippen LogP contribution in [-0.4, -0.2) is 47.2 Å². The highest BCUT2D eigenvalue weighted by molar-refractivity contribution is 5.94. The summed E-state index contributed by atoms with van der Waals surface area (Å²) in [6.07, 6.45) is 3.11. The third kappa shape index (κ3) is 3.75. The van der Waals surface area contributed by atoms with Crippen LogP contribution in [0.15, 0.2) is 24.3 Å². The lowest BCUT2D eigenvalue weighted by Gasteiger charge is -2.10. The van der Waals surface area contributed by atoms with Crippen LogP contribution in [0.2, 0.25) is 0 Å². The molecule has 0 aliphatic heterocycles. The van der Waals surface area contributed by atoms with E-state index in [9.17, 15) is 9.90 Å². The van der Waals surface area contributed by atoms with Gasteiger partial charge in [-0.15, -0.1) is 0 Å². The van der Waals surface area contributed by atoms with Crippen LogP contribution in [0.25, 0.3) is 5.69 Å². The van der Waals surface area contributed by atoms with Crippen LogP contribution in [0.1, 0.15) is 40.7 Å². The van der Waals surface area contributed by atoms with E-state index >= 15 is 0 Å². The number of aryl methyl sites for hydroxylation is 1. The second-order valence-electron chi connectivity index (χ2n) is 6.38. The predicted octanol–water partition coefficient (Wildman–Crippen LogP) is 1.66. The molecule has 0 radical (unpaired) electrons. The summed E-state index contributed by atoms with van der Waals surface area (Å²) >= 11 is 0. The fraction of sp³-hybridized carbons (Fsp3) is 0.474. The molecule has 0 saturated carbocycles. The lowest BCUT2D eigenvalue weighted by Crippen LogP contribution is -2.35. The second kappa shape index (κ2) is 7.80. The molecule has 1 aliphatic rings. The van der Waals surface area contributed by atoms with Gasteiger partial charge in [-0.05, 0) is 43.4 Å². The standard InChI is InChI=1S/C19H25N3O3/c1-3-13-7-9-14(10-8-13)22-17-6-4-5-16(17)18(21-22)19(24)20-11-15(23)12-25-2/h7-10,15,23H,3-6,11-12H2,1-2H3,(H,20,24).